The lowest BCUT2D eigenvalue weighted by molar-refractivity contribution is 0.0951. The Morgan fingerprint density at radius 1 is 1.10 bits per heavy atom. The highest BCUT2D eigenvalue weighted by Crippen LogP contribution is 2.14. The molecule has 2 rings (SSSR count). The van der Waals surface area contributed by atoms with Crippen LogP contribution in [0, 0.1) is 0 Å². The second kappa shape index (κ2) is 7.45. The van der Waals surface area contributed by atoms with Crippen LogP contribution in [-0.4, -0.2) is 20.1 Å². The highest BCUT2D eigenvalue weighted by Gasteiger charge is 2.09. The summed E-state index contributed by atoms with van der Waals surface area (Å²) in [5.41, 5.74) is 3.62. The quantitative estimate of drug-likeness (QED) is 0.857. The molecule has 0 heterocycles. The van der Waals surface area contributed by atoms with E-state index in [1.807, 2.05) is 48.5 Å². The van der Waals surface area contributed by atoms with Crippen molar-refractivity contribution in [3.8, 4) is 0 Å². The van der Waals surface area contributed by atoms with Gasteiger partial charge in [0.05, 0.1) is 12.2 Å². The van der Waals surface area contributed by atoms with Crippen LogP contribution in [0.3, 0.4) is 0 Å². The predicted octanol–water partition coefficient (Wildman–Crippen LogP) is 2.80. The molecule has 0 unspecified atom stereocenters. The van der Waals surface area contributed by atoms with E-state index in [1.165, 1.54) is 0 Å². The number of nitrogens with one attached hydrogen (secondary N) is 2. The van der Waals surface area contributed by atoms with E-state index in [1.54, 1.807) is 14.2 Å². The maximum atomic E-state index is 12.2. The first kappa shape index (κ1) is 15.1. The average Bonchev–Trinajstić information content (AvgIpc) is 2.53. The molecule has 0 aliphatic carbocycles. The predicted molar refractivity (Wildman–Crippen MR) is 84.3 cm³/mol. The summed E-state index contributed by atoms with van der Waals surface area (Å²) in [5, 5.41) is 5.96. The zero-order valence-corrected chi connectivity index (χ0v) is 12.3. The summed E-state index contributed by atoms with van der Waals surface area (Å²) in [6.45, 7) is 1.07. The number of hydrogen-bond acceptors (Lipinski definition) is 3. The number of benzene rings is 2. The summed E-state index contributed by atoms with van der Waals surface area (Å²) >= 11 is 0. The maximum Gasteiger partial charge on any atom is 0.253 e. The number of carbonyl (C=O) groups excluding carboxylic acids is 1. The molecule has 0 spiro atoms. The molecule has 4 heteroatoms. The van der Waals surface area contributed by atoms with E-state index in [0.29, 0.717) is 18.7 Å². The minimum Gasteiger partial charge on any atom is -0.387 e. The van der Waals surface area contributed by atoms with E-state index in [4.69, 9.17) is 4.74 Å². The van der Waals surface area contributed by atoms with E-state index in [9.17, 15) is 4.79 Å². The zero-order valence-electron chi connectivity index (χ0n) is 12.3. The lowest BCUT2D eigenvalue weighted by Crippen LogP contribution is -2.23. The molecule has 0 aliphatic heterocycles. The number of rotatable bonds is 6. The van der Waals surface area contributed by atoms with Crippen molar-refractivity contribution in [3.05, 3.63) is 65.2 Å². The summed E-state index contributed by atoms with van der Waals surface area (Å²) < 4.78 is 5.11. The van der Waals surface area contributed by atoms with Crippen LogP contribution >= 0.6 is 0 Å². The van der Waals surface area contributed by atoms with Gasteiger partial charge in [-0.15, -0.1) is 0 Å². The van der Waals surface area contributed by atoms with E-state index < -0.39 is 0 Å². The van der Waals surface area contributed by atoms with Crippen LogP contribution in [0.15, 0.2) is 48.5 Å². The summed E-state index contributed by atoms with van der Waals surface area (Å²) in [5.74, 6) is -0.0860. The van der Waals surface area contributed by atoms with Crippen molar-refractivity contribution in [3.63, 3.8) is 0 Å². The van der Waals surface area contributed by atoms with E-state index in [-0.39, 0.29) is 5.91 Å². The fourth-order valence-corrected chi connectivity index (χ4v) is 2.17. The van der Waals surface area contributed by atoms with Crippen LogP contribution < -0.4 is 10.6 Å². The van der Waals surface area contributed by atoms with Gasteiger partial charge >= 0.3 is 0 Å². The van der Waals surface area contributed by atoms with Gasteiger partial charge in [-0.3, -0.25) is 4.79 Å². The van der Waals surface area contributed by atoms with Gasteiger partial charge in [-0.2, -0.15) is 0 Å². The second-order valence-corrected chi connectivity index (χ2v) is 4.73. The van der Waals surface area contributed by atoms with Crippen molar-refractivity contribution in [2.45, 2.75) is 13.2 Å². The van der Waals surface area contributed by atoms with E-state index >= 15 is 0 Å². The Labute approximate surface area is 125 Å². The largest absolute Gasteiger partial charge is 0.387 e. The minimum atomic E-state index is -0.0860. The number of carbonyl (C=O) groups is 1. The third kappa shape index (κ3) is 4.07. The molecule has 0 aromatic heterocycles. The third-order valence-electron chi connectivity index (χ3n) is 3.20. The number of amides is 1. The average molecular weight is 284 g/mol. The van der Waals surface area contributed by atoms with E-state index in [0.717, 1.165) is 16.8 Å². The van der Waals surface area contributed by atoms with Gasteiger partial charge in [0, 0.05) is 26.4 Å². The molecular weight excluding hydrogens is 264 g/mol. The molecule has 110 valence electrons. The molecule has 0 aliphatic rings. The van der Waals surface area contributed by atoms with Crippen molar-refractivity contribution in [2.75, 3.05) is 19.5 Å². The molecule has 21 heavy (non-hydrogen) atoms. The van der Waals surface area contributed by atoms with Crippen LogP contribution in [0.1, 0.15) is 21.5 Å². The monoisotopic (exact) mass is 284 g/mol. The van der Waals surface area contributed by atoms with Gasteiger partial charge < -0.3 is 15.4 Å². The topological polar surface area (TPSA) is 50.4 Å². The molecule has 2 aromatic carbocycles. The van der Waals surface area contributed by atoms with Crippen LogP contribution in [0.4, 0.5) is 5.69 Å². The zero-order chi connectivity index (χ0) is 15.1. The van der Waals surface area contributed by atoms with E-state index in [2.05, 4.69) is 10.6 Å². The normalized spacial score (nSPS) is 10.2. The first-order chi connectivity index (χ1) is 10.2. The van der Waals surface area contributed by atoms with Crippen molar-refractivity contribution >= 4 is 11.6 Å². The molecule has 4 nitrogen and oxygen atoms in total. The van der Waals surface area contributed by atoms with Crippen LogP contribution in [0.25, 0.3) is 0 Å². The Balaban J connectivity index is 2.02. The number of para-hydroxylation sites is 1. The molecule has 1 amide bonds. The Bertz CT molecular complexity index is 611. The molecule has 0 bridgehead atoms. The molecule has 0 saturated carbocycles. The molecule has 2 aromatic rings. The van der Waals surface area contributed by atoms with Gasteiger partial charge in [-0.05, 0) is 23.3 Å². The highest BCUT2D eigenvalue weighted by molar-refractivity contribution is 5.99. The summed E-state index contributed by atoms with van der Waals surface area (Å²) in [6.07, 6.45) is 0. The van der Waals surface area contributed by atoms with Crippen molar-refractivity contribution in [2.24, 2.45) is 0 Å². The number of hydrogen-bond donors (Lipinski definition) is 2. The summed E-state index contributed by atoms with van der Waals surface area (Å²) in [4.78, 5) is 12.2. The van der Waals surface area contributed by atoms with Crippen molar-refractivity contribution in [1.29, 1.82) is 0 Å². The lowest BCUT2D eigenvalue weighted by atomic mass is 10.1. The third-order valence-corrected chi connectivity index (χ3v) is 3.20. The van der Waals surface area contributed by atoms with Gasteiger partial charge in [0.25, 0.3) is 5.91 Å². The first-order valence-electron chi connectivity index (χ1n) is 6.86. The molecule has 2 N–H and O–H groups in total. The minimum absolute atomic E-state index is 0.0860. The van der Waals surface area contributed by atoms with Gasteiger partial charge in [0.2, 0.25) is 0 Å². The number of anilines is 1. The van der Waals surface area contributed by atoms with Crippen LogP contribution in [0.5, 0.6) is 0 Å². The van der Waals surface area contributed by atoms with Gasteiger partial charge in [-0.25, -0.2) is 0 Å². The highest BCUT2D eigenvalue weighted by atomic mass is 16.5. The van der Waals surface area contributed by atoms with Crippen molar-refractivity contribution < 1.29 is 9.53 Å². The standard InChI is InChI=1S/C17H20N2O2/c1-18-16-9-4-3-8-15(16)17(20)19-11-13-6-5-7-14(10-13)12-21-2/h3-10,18H,11-12H2,1-2H3,(H,19,20). The molecular formula is C17H20N2O2. The smallest absolute Gasteiger partial charge is 0.253 e. The lowest BCUT2D eigenvalue weighted by Gasteiger charge is -2.10. The SMILES string of the molecule is CNc1ccccc1C(=O)NCc1cccc(COC)c1. The van der Waals surface area contributed by atoms with Gasteiger partial charge in [0.1, 0.15) is 0 Å². The van der Waals surface area contributed by atoms with Gasteiger partial charge in [0.15, 0.2) is 0 Å². The molecule has 0 fully saturated rings. The van der Waals surface area contributed by atoms with Crippen LogP contribution in [0.2, 0.25) is 0 Å². The fourth-order valence-electron chi connectivity index (χ4n) is 2.17. The summed E-state index contributed by atoms with van der Waals surface area (Å²) in [7, 11) is 3.48. The molecule has 0 radical (unpaired) electrons. The van der Waals surface area contributed by atoms with Gasteiger partial charge in [-0.1, -0.05) is 36.4 Å². The second-order valence-electron chi connectivity index (χ2n) is 4.73. The Morgan fingerprint density at radius 3 is 2.62 bits per heavy atom. The Morgan fingerprint density at radius 2 is 1.86 bits per heavy atom. The maximum absolute atomic E-state index is 12.2. The summed E-state index contributed by atoms with van der Waals surface area (Å²) in [6, 6.07) is 15.4. The van der Waals surface area contributed by atoms with Crippen LogP contribution in [-0.2, 0) is 17.9 Å². The number of ether oxygens (including phenoxy) is 1. The van der Waals surface area contributed by atoms with Crippen molar-refractivity contribution in [1.82, 2.24) is 5.32 Å². The Kier molecular flexibility index (Phi) is 5.35. The molecule has 0 atom stereocenters. The molecule has 0 saturated heterocycles. The first-order valence-corrected chi connectivity index (χ1v) is 6.86. The Hall–Kier alpha value is -2.33. The number of methoxy groups -OCH3 is 1. The fraction of sp³-hybridized carbons (Fsp3) is 0.235.